The van der Waals surface area contributed by atoms with Crippen LogP contribution in [0.25, 0.3) is 11.1 Å². The first-order valence-corrected chi connectivity index (χ1v) is 8.31. The molecule has 0 spiro atoms. The number of hydrogen-bond acceptors (Lipinski definition) is 4. The summed E-state index contributed by atoms with van der Waals surface area (Å²) in [6, 6.07) is 3.25. The van der Waals surface area contributed by atoms with E-state index in [1.807, 2.05) is 0 Å². The topological polar surface area (TPSA) is 80.3 Å². The molecule has 0 N–H and O–H groups in total. The van der Waals surface area contributed by atoms with Gasteiger partial charge in [-0.05, 0) is 35.4 Å². The van der Waals surface area contributed by atoms with Crippen LogP contribution >= 0.6 is 23.2 Å². The van der Waals surface area contributed by atoms with Crippen molar-refractivity contribution in [1.29, 1.82) is 0 Å². The van der Waals surface area contributed by atoms with E-state index >= 15 is 0 Å². The molecule has 0 radical (unpaired) electrons. The van der Waals surface area contributed by atoms with Crippen LogP contribution in [-0.4, -0.2) is 11.9 Å². The quantitative estimate of drug-likeness (QED) is 0.389. The Morgan fingerprint density at radius 3 is 1.20 bits per heavy atom. The third-order valence-corrected chi connectivity index (χ3v) is 4.44. The highest BCUT2D eigenvalue weighted by Crippen LogP contribution is 2.39. The van der Waals surface area contributed by atoms with Crippen molar-refractivity contribution in [3.05, 3.63) is 68.7 Å². The predicted molar refractivity (Wildman–Crippen MR) is 89.7 cm³/mol. The molecule has 0 atom stereocenters. The second kappa shape index (κ2) is 8.19. The van der Waals surface area contributed by atoms with E-state index in [4.69, 9.17) is 23.2 Å². The zero-order valence-electron chi connectivity index (χ0n) is 14.1. The van der Waals surface area contributed by atoms with Gasteiger partial charge in [0, 0.05) is 11.1 Å². The smallest absolute Gasteiger partial charge is 0.417 e. The molecule has 0 aliphatic carbocycles. The molecule has 160 valence electrons. The average Bonchev–Trinajstić information content (AvgIpc) is 2.58. The van der Waals surface area contributed by atoms with Crippen LogP contribution in [0.1, 0.15) is 22.3 Å². The van der Waals surface area contributed by atoms with Gasteiger partial charge in [-0.1, -0.05) is 35.3 Å². The molecule has 2 rings (SSSR count). The summed E-state index contributed by atoms with van der Waals surface area (Å²) < 4.78 is 78.4. The van der Waals surface area contributed by atoms with Crippen molar-refractivity contribution in [3.8, 4) is 0 Å². The fraction of sp³-hybridized carbons (Fsp3) is 0.111. The fourth-order valence-corrected chi connectivity index (χ4v) is 2.97. The van der Waals surface area contributed by atoms with Gasteiger partial charge in [0.25, 0.3) is 0 Å². The summed E-state index contributed by atoms with van der Waals surface area (Å²) >= 11 is 10.9. The van der Waals surface area contributed by atoms with Gasteiger partial charge in [0.15, 0.2) is 0 Å². The number of benzene rings is 2. The first-order valence-electron chi connectivity index (χ1n) is 7.55. The minimum atomic E-state index is -5.03. The number of carbonyl (C=O) groups is 2. The fourth-order valence-electron chi connectivity index (χ4n) is 2.52. The maximum atomic E-state index is 13.1. The van der Waals surface area contributed by atoms with Gasteiger partial charge in [0.2, 0.25) is 0 Å². The van der Waals surface area contributed by atoms with Crippen molar-refractivity contribution in [2.24, 2.45) is 0 Å². The van der Waals surface area contributed by atoms with E-state index in [0.717, 1.165) is 12.1 Å². The minimum absolute atomic E-state index is 0.233. The molecule has 12 heteroatoms. The van der Waals surface area contributed by atoms with Crippen LogP contribution in [0.2, 0.25) is 10.0 Å². The molecule has 0 amide bonds. The van der Waals surface area contributed by atoms with Gasteiger partial charge in [-0.3, -0.25) is 0 Å². The minimum Gasteiger partial charge on any atom is -0.545 e. The summed E-state index contributed by atoms with van der Waals surface area (Å²) in [6.07, 6.45) is -10.1. The Morgan fingerprint density at radius 2 is 0.967 bits per heavy atom. The van der Waals surface area contributed by atoms with Crippen molar-refractivity contribution >= 4 is 46.3 Å². The number of carboxylic acids is 2. The Kier molecular flexibility index (Phi) is 6.43. The van der Waals surface area contributed by atoms with E-state index in [2.05, 4.69) is 0 Å². The van der Waals surface area contributed by atoms with Crippen LogP contribution < -0.4 is 10.2 Å². The van der Waals surface area contributed by atoms with Crippen LogP contribution in [0.4, 0.5) is 26.3 Å². The lowest BCUT2D eigenvalue weighted by atomic mass is 9.92. The number of hydrogen-bond donors (Lipinski definition) is 0. The second-order valence-electron chi connectivity index (χ2n) is 5.71. The summed E-state index contributed by atoms with van der Waals surface area (Å²) in [5.74, 6) is -4.54. The number of rotatable bonds is 4. The lowest BCUT2D eigenvalue weighted by Crippen LogP contribution is -2.30. The van der Waals surface area contributed by atoms with E-state index in [1.165, 1.54) is 0 Å². The highest BCUT2D eigenvalue weighted by molar-refractivity contribution is 6.36. The zero-order valence-corrected chi connectivity index (χ0v) is 15.6. The molecule has 2 aromatic rings. The highest BCUT2D eigenvalue weighted by Gasteiger charge is 2.35. The maximum Gasteiger partial charge on any atom is 0.417 e. The Balaban J connectivity index is 2.89. The Hall–Kier alpha value is -2.72. The third-order valence-electron chi connectivity index (χ3n) is 3.78. The van der Waals surface area contributed by atoms with Crippen molar-refractivity contribution in [2.75, 3.05) is 0 Å². The molecule has 0 bridgehead atoms. The Labute approximate surface area is 173 Å². The Bertz CT molecular complexity index is 974. The van der Waals surface area contributed by atoms with Gasteiger partial charge in [0.1, 0.15) is 0 Å². The van der Waals surface area contributed by atoms with Crippen LogP contribution in [0.5, 0.6) is 0 Å². The first-order chi connectivity index (χ1) is 13.6. The molecule has 30 heavy (non-hydrogen) atoms. The van der Waals surface area contributed by atoms with Crippen molar-refractivity contribution < 1.29 is 46.1 Å². The molecule has 0 saturated heterocycles. The molecule has 0 saturated carbocycles. The molecule has 0 unspecified atom stereocenters. The molecule has 4 nitrogen and oxygen atoms in total. The van der Waals surface area contributed by atoms with Crippen molar-refractivity contribution in [2.45, 2.75) is 12.4 Å². The van der Waals surface area contributed by atoms with E-state index < -0.39 is 67.7 Å². The van der Waals surface area contributed by atoms with Crippen LogP contribution in [0.15, 0.2) is 36.4 Å². The SMILES string of the molecule is O=C([O-])/C(=C(/C(=O)[O-])c1ccc(Cl)c(C(F)(F)F)c1)c1ccc(Cl)c(C(F)(F)F)c1. The summed E-state index contributed by atoms with van der Waals surface area (Å²) in [6.45, 7) is 0. The van der Waals surface area contributed by atoms with Gasteiger partial charge < -0.3 is 19.8 Å². The number of halogens is 8. The Morgan fingerprint density at radius 1 is 0.667 bits per heavy atom. The molecular weight excluding hydrogens is 465 g/mol. The number of carboxylic acid groups (broad SMARTS) is 2. The van der Waals surface area contributed by atoms with Crippen LogP contribution in [0.3, 0.4) is 0 Å². The molecule has 0 fully saturated rings. The number of aliphatic carboxylic acids is 2. The predicted octanol–water partition coefficient (Wildman–Crippen LogP) is 3.44. The summed E-state index contributed by atoms with van der Waals surface area (Å²) in [5.41, 5.74) is -7.32. The first kappa shape index (κ1) is 23.6. The third kappa shape index (κ3) is 4.88. The molecule has 2 aromatic carbocycles. The van der Waals surface area contributed by atoms with Gasteiger partial charge in [-0.15, -0.1) is 0 Å². The second-order valence-corrected chi connectivity index (χ2v) is 6.52. The van der Waals surface area contributed by atoms with Gasteiger partial charge in [-0.2, -0.15) is 26.3 Å². The number of alkyl halides is 6. The highest BCUT2D eigenvalue weighted by atomic mass is 35.5. The molecule has 0 aliphatic heterocycles. The van der Waals surface area contributed by atoms with E-state index in [-0.39, 0.29) is 12.1 Å². The molecule has 0 heterocycles. The zero-order chi connectivity index (χ0) is 23.0. The normalized spacial score (nSPS) is 13.1. The monoisotopic (exact) mass is 470 g/mol. The van der Waals surface area contributed by atoms with E-state index in [0.29, 0.717) is 12.1 Å². The number of carbonyl (C=O) groups excluding carboxylic acids is 2. The molecular formula is C18H6Cl2F6O4-2. The van der Waals surface area contributed by atoms with Gasteiger partial charge in [0.05, 0.1) is 33.1 Å². The van der Waals surface area contributed by atoms with Crippen LogP contribution in [-0.2, 0) is 21.9 Å². The van der Waals surface area contributed by atoms with E-state index in [1.54, 1.807) is 0 Å². The summed E-state index contributed by atoms with van der Waals surface area (Å²) in [7, 11) is 0. The lowest BCUT2D eigenvalue weighted by molar-refractivity contribution is -0.299. The standard InChI is InChI=1S/C18H8Cl2F6O4/c19-11-3-1-7(5-9(11)17(21,22)23)13(15(27)28)14(16(29)30)8-2-4-12(20)10(6-8)18(24,25)26/h1-6H,(H,27,28)(H,29,30)/p-2/b14-13+. The summed E-state index contributed by atoms with van der Waals surface area (Å²) in [5, 5.41) is 21.6. The van der Waals surface area contributed by atoms with Crippen molar-refractivity contribution in [1.82, 2.24) is 0 Å². The van der Waals surface area contributed by atoms with Crippen molar-refractivity contribution in [3.63, 3.8) is 0 Å². The van der Waals surface area contributed by atoms with E-state index in [9.17, 15) is 46.1 Å². The van der Waals surface area contributed by atoms with Gasteiger partial charge >= 0.3 is 12.4 Å². The average molecular weight is 471 g/mol. The largest absolute Gasteiger partial charge is 0.545 e. The molecule has 0 aromatic heterocycles. The van der Waals surface area contributed by atoms with Crippen LogP contribution in [0, 0.1) is 0 Å². The molecule has 0 aliphatic rings. The van der Waals surface area contributed by atoms with Gasteiger partial charge in [-0.25, -0.2) is 0 Å². The summed E-state index contributed by atoms with van der Waals surface area (Å²) in [4.78, 5) is 23.2. The maximum absolute atomic E-state index is 13.1. The lowest BCUT2D eigenvalue weighted by Gasteiger charge is -2.20.